The predicted octanol–water partition coefficient (Wildman–Crippen LogP) is 4.06. The van der Waals surface area contributed by atoms with Gasteiger partial charge < -0.3 is 0 Å². The molecule has 67 valence electrons. The van der Waals surface area contributed by atoms with E-state index in [2.05, 4.69) is 27.7 Å². The second-order valence-electron chi connectivity index (χ2n) is 3.89. The molecule has 0 aliphatic heterocycles. The van der Waals surface area contributed by atoms with Crippen LogP contribution in [0.2, 0.25) is 0 Å². The van der Waals surface area contributed by atoms with E-state index in [1.165, 1.54) is 25.7 Å². The summed E-state index contributed by atoms with van der Waals surface area (Å²) >= 11 is 0. The van der Waals surface area contributed by atoms with Crippen LogP contribution in [0, 0.1) is 18.8 Å². The lowest BCUT2D eigenvalue weighted by Gasteiger charge is -2.14. The van der Waals surface area contributed by atoms with Gasteiger partial charge in [-0.15, -0.1) is 0 Å². The Labute approximate surface area is 72.4 Å². The lowest BCUT2D eigenvalue weighted by atomic mass is 9.92. The molecule has 0 saturated carbocycles. The summed E-state index contributed by atoms with van der Waals surface area (Å²) in [6.07, 6.45) is 6.56. The Bertz CT molecular complexity index is 74.1. The molecule has 1 radical (unpaired) electrons. The molecular weight excluding hydrogens is 132 g/mol. The molecule has 0 aliphatic rings. The van der Waals surface area contributed by atoms with Crippen molar-refractivity contribution in [1.82, 2.24) is 0 Å². The van der Waals surface area contributed by atoms with Gasteiger partial charge in [0.1, 0.15) is 0 Å². The third kappa shape index (κ3) is 6.40. The van der Waals surface area contributed by atoms with E-state index < -0.39 is 0 Å². The van der Waals surface area contributed by atoms with Crippen molar-refractivity contribution in [3.8, 4) is 0 Å². The van der Waals surface area contributed by atoms with Crippen molar-refractivity contribution in [3.63, 3.8) is 0 Å². The van der Waals surface area contributed by atoms with E-state index >= 15 is 0 Å². The normalized spacial score (nSPS) is 13.9. The average molecular weight is 155 g/mol. The van der Waals surface area contributed by atoms with Gasteiger partial charge in [0, 0.05) is 0 Å². The van der Waals surface area contributed by atoms with Gasteiger partial charge in [0.2, 0.25) is 0 Å². The fourth-order valence-corrected chi connectivity index (χ4v) is 1.41. The minimum Gasteiger partial charge on any atom is -0.0651 e. The van der Waals surface area contributed by atoms with E-state index in [-0.39, 0.29) is 0 Å². The summed E-state index contributed by atoms with van der Waals surface area (Å²) in [4.78, 5) is 0. The third-order valence-electron chi connectivity index (χ3n) is 2.34. The molecule has 1 unspecified atom stereocenters. The van der Waals surface area contributed by atoms with Gasteiger partial charge in [0.15, 0.2) is 0 Å². The van der Waals surface area contributed by atoms with Crippen LogP contribution < -0.4 is 0 Å². The lowest BCUT2D eigenvalue weighted by molar-refractivity contribution is 0.393. The van der Waals surface area contributed by atoms with Crippen LogP contribution in [0.1, 0.15) is 52.9 Å². The predicted molar refractivity (Wildman–Crippen MR) is 52.4 cm³/mol. The zero-order valence-electron chi connectivity index (χ0n) is 8.40. The molecule has 0 spiro atoms. The Morgan fingerprint density at radius 1 is 1.09 bits per heavy atom. The summed E-state index contributed by atoms with van der Waals surface area (Å²) in [6, 6.07) is 0. The molecule has 0 aliphatic carbocycles. The van der Waals surface area contributed by atoms with Crippen molar-refractivity contribution in [2.24, 2.45) is 11.8 Å². The first kappa shape index (κ1) is 11.0. The Hall–Kier alpha value is 0. The third-order valence-corrected chi connectivity index (χ3v) is 2.34. The number of hydrogen-bond donors (Lipinski definition) is 0. The molecule has 0 saturated heterocycles. The van der Waals surface area contributed by atoms with Crippen molar-refractivity contribution in [3.05, 3.63) is 6.92 Å². The molecule has 0 aromatic carbocycles. The second-order valence-corrected chi connectivity index (χ2v) is 3.89. The van der Waals surface area contributed by atoms with Crippen LogP contribution in [0.15, 0.2) is 0 Å². The molecule has 0 rings (SSSR count). The van der Waals surface area contributed by atoms with E-state index in [9.17, 15) is 0 Å². The monoisotopic (exact) mass is 155 g/mol. The van der Waals surface area contributed by atoms with Crippen molar-refractivity contribution in [1.29, 1.82) is 0 Å². The molecule has 11 heavy (non-hydrogen) atoms. The van der Waals surface area contributed by atoms with Crippen molar-refractivity contribution >= 4 is 0 Å². The Kier molecular flexibility index (Phi) is 6.69. The molecule has 0 aromatic rings. The van der Waals surface area contributed by atoms with Crippen molar-refractivity contribution in [2.45, 2.75) is 52.9 Å². The first-order chi connectivity index (χ1) is 5.20. The van der Waals surface area contributed by atoms with Gasteiger partial charge in [0.25, 0.3) is 0 Å². The zero-order valence-corrected chi connectivity index (χ0v) is 8.40. The molecule has 0 bridgehead atoms. The van der Waals surface area contributed by atoms with Gasteiger partial charge in [-0.1, -0.05) is 59.8 Å². The number of rotatable bonds is 6. The summed E-state index contributed by atoms with van der Waals surface area (Å²) in [6.45, 7) is 10.8. The first-order valence-corrected chi connectivity index (χ1v) is 4.99. The largest absolute Gasteiger partial charge is 0.0651 e. The maximum Gasteiger partial charge on any atom is -0.0417 e. The van der Waals surface area contributed by atoms with Gasteiger partial charge in [0.05, 0.1) is 0 Å². The van der Waals surface area contributed by atoms with Crippen LogP contribution in [0.3, 0.4) is 0 Å². The maximum atomic E-state index is 3.90. The van der Waals surface area contributed by atoms with Crippen molar-refractivity contribution < 1.29 is 0 Å². The van der Waals surface area contributed by atoms with E-state index in [1.807, 2.05) is 0 Å². The molecule has 0 heterocycles. The van der Waals surface area contributed by atoms with Gasteiger partial charge in [-0.2, -0.15) is 0 Å². The minimum atomic E-state index is 0.869. The summed E-state index contributed by atoms with van der Waals surface area (Å²) < 4.78 is 0. The second kappa shape index (κ2) is 6.69. The van der Waals surface area contributed by atoms with Gasteiger partial charge >= 0.3 is 0 Å². The summed E-state index contributed by atoms with van der Waals surface area (Å²) in [5.41, 5.74) is 0. The first-order valence-electron chi connectivity index (χ1n) is 4.99. The van der Waals surface area contributed by atoms with Crippen LogP contribution in [0.25, 0.3) is 0 Å². The fraction of sp³-hybridized carbons (Fsp3) is 0.909. The van der Waals surface area contributed by atoms with Crippen LogP contribution in [0.4, 0.5) is 0 Å². The summed E-state index contributed by atoms with van der Waals surface area (Å²) in [5, 5.41) is 0. The Balaban J connectivity index is 3.35. The quantitative estimate of drug-likeness (QED) is 0.542. The molecule has 0 amide bonds. The van der Waals surface area contributed by atoms with E-state index in [0.29, 0.717) is 0 Å². The average Bonchev–Trinajstić information content (AvgIpc) is 1.97. The highest BCUT2D eigenvalue weighted by Gasteiger charge is 2.05. The summed E-state index contributed by atoms with van der Waals surface area (Å²) in [7, 11) is 0. The van der Waals surface area contributed by atoms with Gasteiger partial charge in [-0.05, 0) is 11.8 Å². The molecule has 0 nitrogen and oxygen atoms in total. The van der Waals surface area contributed by atoms with Gasteiger partial charge in [-0.3, -0.25) is 0 Å². The Morgan fingerprint density at radius 3 is 2.09 bits per heavy atom. The molecule has 0 fully saturated rings. The number of hydrogen-bond acceptors (Lipinski definition) is 0. The van der Waals surface area contributed by atoms with Crippen LogP contribution in [-0.2, 0) is 0 Å². The Morgan fingerprint density at radius 2 is 1.73 bits per heavy atom. The van der Waals surface area contributed by atoms with Crippen molar-refractivity contribution in [2.75, 3.05) is 0 Å². The van der Waals surface area contributed by atoms with E-state index in [0.717, 1.165) is 18.3 Å². The lowest BCUT2D eigenvalue weighted by Crippen LogP contribution is -2.00. The van der Waals surface area contributed by atoms with Crippen LogP contribution in [0.5, 0.6) is 0 Å². The van der Waals surface area contributed by atoms with Gasteiger partial charge in [-0.25, -0.2) is 0 Å². The topological polar surface area (TPSA) is 0 Å². The standard InChI is InChI=1S/C11H23/c1-5-7-11(6-2)9-8-10(3)4/h10-11H,1,5-9H2,2-4H3. The van der Waals surface area contributed by atoms with Crippen LogP contribution >= 0.6 is 0 Å². The highest BCUT2D eigenvalue weighted by molar-refractivity contribution is 4.59. The van der Waals surface area contributed by atoms with E-state index in [4.69, 9.17) is 0 Å². The minimum absolute atomic E-state index is 0.869. The smallest absolute Gasteiger partial charge is 0.0417 e. The fourth-order valence-electron chi connectivity index (χ4n) is 1.41. The molecule has 0 aromatic heterocycles. The summed E-state index contributed by atoms with van der Waals surface area (Å²) in [5.74, 6) is 1.81. The highest BCUT2D eigenvalue weighted by Crippen LogP contribution is 2.19. The van der Waals surface area contributed by atoms with Crippen LogP contribution in [-0.4, -0.2) is 0 Å². The molecule has 1 atom stereocenters. The molecular formula is C11H23. The van der Waals surface area contributed by atoms with E-state index in [1.54, 1.807) is 0 Å². The zero-order chi connectivity index (χ0) is 8.69. The maximum absolute atomic E-state index is 3.90. The highest BCUT2D eigenvalue weighted by atomic mass is 14.1. The molecule has 0 N–H and O–H groups in total. The SMILES string of the molecule is [CH2]CCC(CC)CCC(C)C. The molecule has 0 heteroatoms.